The summed E-state index contributed by atoms with van der Waals surface area (Å²) in [5.74, 6) is -0.802. The fourth-order valence-electron chi connectivity index (χ4n) is 2.69. The fraction of sp³-hybridized carbons (Fsp3) is 0.0500. The van der Waals surface area contributed by atoms with Crippen LogP contribution in [-0.2, 0) is 11.1 Å². The van der Waals surface area contributed by atoms with Gasteiger partial charge in [-0.1, -0.05) is 24.3 Å². The second-order valence-corrected chi connectivity index (χ2v) is 8.38. The summed E-state index contributed by atoms with van der Waals surface area (Å²) in [7, 11) is -3.23. The van der Waals surface area contributed by atoms with Crippen molar-refractivity contribution in [3.05, 3.63) is 90.0 Å². The quantitative estimate of drug-likeness (QED) is 0.506. The number of benzene rings is 3. The summed E-state index contributed by atoms with van der Waals surface area (Å²) in [5.41, 5.74) is 0.948. The predicted octanol–water partition coefficient (Wildman–Crippen LogP) is 3.80. The molecule has 126 valence electrons. The molecule has 0 atom stereocenters. The summed E-state index contributed by atoms with van der Waals surface area (Å²) in [5, 5.41) is 1.59. The lowest BCUT2D eigenvalue weighted by molar-refractivity contribution is 0.592. The molecule has 0 amide bonds. The lowest BCUT2D eigenvalue weighted by Gasteiger charge is -2.20. The van der Waals surface area contributed by atoms with Crippen LogP contribution in [0.25, 0.3) is 0 Å². The molecule has 0 aliphatic rings. The van der Waals surface area contributed by atoms with Crippen molar-refractivity contribution in [3.8, 4) is 0 Å². The van der Waals surface area contributed by atoms with Crippen LogP contribution in [0, 0.1) is 11.6 Å². The number of nitrogens with zero attached hydrogens (tertiary/aromatic N) is 1. The Morgan fingerprint density at radius 3 is 1.44 bits per heavy atom. The van der Waals surface area contributed by atoms with E-state index < -0.39 is 18.8 Å². The van der Waals surface area contributed by atoms with Crippen LogP contribution in [-0.4, -0.2) is 6.72 Å². The Bertz CT molecular complexity index is 870. The highest BCUT2D eigenvalue weighted by Gasteiger charge is 2.29. The molecule has 0 N–H and O–H groups in total. The number of aliphatic imine (C=N–C) groups is 1. The van der Waals surface area contributed by atoms with E-state index in [9.17, 15) is 13.3 Å². The summed E-state index contributed by atoms with van der Waals surface area (Å²) in [6, 6.07) is 18.4. The SMILES string of the molecule is C=NCc1ccc(P(=O)(c2ccc(F)cc2)c2ccc(F)cc2)cc1. The molecule has 3 rings (SSSR count). The molecule has 5 heteroatoms. The van der Waals surface area contributed by atoms with E-state index in [1.807, 2.05) is 12.1 Å². The number of rotatable bonds is 5. The highest BCUT2D eigenvalue weighted by atomic mass is 31.2. The van der Waals surface area contributed by atoms with E-state index in [0.29, 0.717) is 22.5 Å². The van der Waals surface area contributed by atoms with E-state index >= 15 is 0 Å². The van der Waals surface area contributed by atoms with E-state index in [2.05, 4.69) is 11.7 Å². The van der Waals surface area contributed by atoms with Crippen molar-refractivity contribution in [3.63, 3.8) is 0 Å². The highest BCUT2D eigenvalue weighted by Crippen LogP contribution is 2.42. The molecule has 0 spiro atoms. The van der Waals surface area contributed by atoms with Gasteiger partial charge in [-0.25, -0.2) is 8.78 Å². The first-order chi connectivity index (χ1) is 12.0. The molecule has 0 aliphatic heterocycles. The highest BCUT2D eigenvalue weighted by molar-refractivity contribution is 7.85. The third kappa shape index (κ3) is 3.45. The summed E-state index contributed by atoms with van der Waals surface area (Å²) in [6.45, 7) is 3.93. The average molecular weight is 355 g/mol. The van der Waals surface area contributed by atoms with Gasteiger partial charge in [0, 0.05) is 15.9 Å². The number of hydrogen-bond acceptors (Lipinski definition) is 2. The van der Waals surface area contributed by atoms with Gasteiger partial charge in [0.2, 0.25) is 0 Å². The molecule has 0 saturated heterocycles. The first-order valence-corrected chi connectivity index (χ1v) is 9.39. The van der Waals surface area contributed by atoms with E-state index in [-0.39, 0.29) is 0 Å². The van der Waals surface area contributed by atoms with E-state index in [1.165, 1.54) is 48.5 Å². The topological polar surface area (TPSA) is 29.4 Å². The summed E-state index contributed by atoms with van der Waals surface area (Å²) in [6.07, 6.45) is 0. The molecule has 0 aliphatic carbocycles. The van der Waals surface area contributed by atoms with Crippen molar-refractivity contribution < 1.29 is 13.3 Å². The van der Waals surface area contributed by atoms with Crippen LogP contribution in [0.2, 0.25) is 0 Å². The second kappa shape index (κ2) is 7.12. The average Bonchev–Trinajstić information content (AvgIpc) is 2.63. The lowest BCUT2D eigenvalue weighted by atomic mass is 10.2. The minimum atomic E-state index is -3.23. The van der Waals surface area contributed by atoms with Crippen LogP contribution in [0.5, 0.6) is 0 Å². The Hall–Kier alpha value is -2.58. The van der Waals surface area contributed by atoms with Gasteiger partial charge in [0.1, 0.15) is 11.6 Å². The Balaban J connectivity index is 2.17. The van der Waals surface area contributed by atoms with Gasteiger partial charge in [-0.3, -0.25) is 4.99 Å². The minimum absolute atomic E-state index is 0.401. The maximum atomic E-state index is 14.0. The molecule has 0 fully saturated rings. The number of halogens is 2. The van der Waals surface area contributed by atoms with E-state index in [1.54, 1.807) is 12.1 Å². The maximum Gasteiger partial charge on any atom is 0.171 e. The largest absolute Gasteiger partial charge is 0.309 e. The zero-order valence-corrected chi connectivity index (χ0v) is 14.3. The smallest absolute Gasteiger partial charge is 0.171 e. The fourth-order valence-corrected chi connectivity index (χ4v) is 5.29. The summed E-state index contributed by atoms with van der Waals surface area (Å²) in [4.78, 5) is 3.83. The molecule has 3 aromatic rings. The standard InChI is InChI=1S/C20H16F2NOP/c1-23-14-15-2-8-18(9-3-15)25(24,19-10-4-16(21)5-11-19)20-12-6-17(22)7-13-20/h2-13H,1,14H2. The summed E-state index contributed by atoms with van der Waals surface area (Å²) >= 11 is 0. The first-order valence-electron chi connectivity index (χ1n) is 7.68. The van der Waals surface area contributed by atoms with Crippen molar-refractivity contribution >= 4 is 29.8 Å². The molecule has 0 unspecified atom stereocenters. The Morgan fingerprint density at radius 1 is 0.720 bits per heavy atom. The normalized spacial score (nSPS) is 11.3. The van der Waals surface area contributed by atoms with E-state index in [4.69, 9.17) is 0 Å². The zero-order chi connectivity index (χ0) is 17.9. The molecule has 0 bridgehead atoms. The molecular weight excluding hydrogens is 339 g/mol. The van der Waals surface area contributed by atoms with Gasteiger partial charge in [-0.05, 0) is 60.8 Å². The summed E-state index contributed by atoms with van der Waals surface area (Å²) < 4.78 is 40.7. The lowest BCUT2D eigenvalue weighted by Crippen LogP contribution is -2.25. The van der Waals surface area contributed by atoms with Crippen LogP contribution in [0.1, 0.15) is 5.56 Å². The minimum Gasteiger partial charge on any atom is -0.309 e. The Labute approximate surface area is 145 Å². The van der Waals surface area contributed by atoms with Crippen molar-refractivity contribution in [1.29, 1.82) is 0 Å². The Morgan fingerprint density at radius 2 is 1.08 bits per heavy atom. The van der Waals surface area contributed by atoms with Gasteiger partial charge in [0.25, 0.3) is 0 Å². The van der Waals surface area contributed by atoms with Crippen LogP contribution in [0.3, 0.4) is 0 Å². The van der Waals surface area contributed by atoms with Crippen LogP contribution >= 0.6 is 7.14 Å². The number of hydrogen-bond donors (Lipinski definition) is 0. The van der Waals surface area contributed by atoms with E-state index in [0.717, 1.165) is 5.56 Å². The van der Waals surface area contributed by atoms with Gasteiger partial charge in [-0.15, -0.1) is 0 Å². The molecule has 0 heterocycles. The van der Waals surface area contributed by atoms with Gasteiger partial charge >= 0.3 is 0 Å². The van der Waals surface area contributed by atoms with Crippen LogP contribution in [0.15, 0.2) is 77.8 Å². The van der Waals surface area contributed by atoms with Gasteiger partial charge in [0.15, 0.2) is 7.14 Å². The molecule has 0 radical (unpaired) electrons. The van der Waals surface area contributed by atoms with Crippen LogP contribution in [0.4, 0.5) is 8.78 Å². The molecule has 0 saturated carbocycles. The van der Waals surface area contributed by atoms with Crippen LogP contribution < -0.4 is 15.9 Å². The molecule has 0 aromatic heterocycles. The first kappa shape index (κ1) is 17.2. The van der Waals surface area contributed by atoms with Crippen molar-refractivity contribution in [2.45, 2.75) is 6.54 Å². The molecular formula is C20H16F2NOP. The third-order valence-corrected chi connectivity index (χ3v) is 7.05. The van der Waals surface area contributed by atoms with Gasteiger partial charge < -0.3 is 4.57 Å². The predicted molar refractivity (Wildman–Crippen MR) is 99.0 cm³/mol. The zero-order valence-electron chi connectivity index (χ0n) is 13.4. The second-order valence-electron chi connectivity index (χ2n) is 5.61. The third-order valence-electron chi connectivity index (χ3n) is 3.97. The van der Waals surface area contributed by atoms with Gasteiger partial charge in [0.05, 0.1) is 6.54 Å². The monoisotopic (exact) mass is 355 g/mol. The van der Waals surface area contributed by atoms with Gasteiger partial charge in [-0.2, -0.15) is 0 Å². The maximum absolute atomic E-state index is 14.0. The molecule has 25 heavy (non-hydrogen) atoms. The molecule has 3 aromatic carbocycles. The van der Waals surface area contributed by atoms with Crippen molar-refractivity contribution in [2.75, 3.05) is 0 Å². The Kier molecular flexibility index (Phi) is 4.91. The van der Waals surface area contributed by atoms with Crippen molar-refractivity contribution in [1.82, 2.24) is 0 Å². The van der Waals surface area contributed by atoms with Crippen molar-refractivity contribution in [2.24, 2.45) is 4.99 Å². The molecule has 2 nitrogen and oxygen atoms in total.